The molecule has 0 fully saturated rings. The van der Waals surface area contributed by atoms with Gasteiger partial charge in [-0.3, -0.25) is 4.57 Å². The predicted molar refractivity (Wildman–Crippen MR) is 98.3 cm³/mol. The summed E-state index contributed by atoms with van der Waals surface area (Å²) in [7, 11) is 0. The average molecular weight is 403 g/mol. The van der Waals surface area contributed by atoms with Crippen LogP contribution in [0.5, 0.6) is 0 Å². The molecule has 1 aromatic carbocycles. The highest BCUT2D eigenvalue weighted by Gasteiger charge is 2.29. The van der Waals surface area contributed by atoms with Gasteiger partial charge in [0.05, 0.1) is 17.3 Å². The van der Waals surface area contributed by atoms with Crippen LogP contribution in [-0.4, -0.2) is 24.5 Å². The minimum absolute atomic E-state index is 0.107. The number of anilines is 3. The zero-order valence-electron chi connectivity index (χ0n) is 14.9. The number of hydrogen-bond donors (Lipinski definition) is 2. The Labute approximate surface area is 161 Å². The van der Waals surface area contributed by atoms with E-state index in [2.05, 4.69) is 25.3 Å². The zero-order valence-corrected chi connectivity index (χ0v) is 14.9. The van der Waals surface area contributed by atoms with Crippen molar-refractivity contribution in [2.24, 2.45) is 0 Å². The van der Waals surface area contributed by atoms with E-state index in [4.69, 9.17) is 5.73 Å². The van der Waals surface area contributed by atoms with Gasteiger partial charge in [0, 0.05) is 17.8 Å². The molecule has 0 saturated heterocycles. The van der Waals surface area contributed by atoms with Crippen LogP contribution >= 0.6 is 0 Å². The minimum Gasteiger partial charge on any atom is -0.383 e. The van der Waals surface area contributed by atoms with E-state index in [1.54, 1.807) is 6.92 Å². The molecule has 4 rings (SSSR count). The maximum Gasteiger partial charge on any atom is 0.416 e. The molecule has 0 atom stereocenters. The highest BCUT2D eigenvalue weighted by molar-refractivity contribution is 5.73. The topological polar surface area (TPSA) is 94.5 Å². The maximum absolute atomic E-state index is 13.6. The number of imidazole rings is 1. The van der Waals surface area contributed by atoms with Crippen molar-refractivity contribution >= 4 is 28.5 Å². The molecule has 0 unspecified atom stereocenters. The summed E-state index contributed by atoms with van der Waals surface area (Å²) in [6.07, 6.45) is -3.37. The lowest BCUT2D eigenvalue weighted by atomic mass is 10.2. The van der Waals surface area contributed by atoms with Crippen molar-refractivity contribution in [3.63, 3.8) is 0 Å². The summed E-state index contributed by atoms with van der Waals surface area (Å²) in [6.45, 7) is 1.68. The molecule has 0 aliphatic heterocycles. The summed E-state index contributed by atoms with van der Waals surface area (Å²) in [5.41, 5.74) is 6.14. The zero-order chi connectivity index (χ0) is 20.8. The molecule has 3 aromatic heterocycles. The van der Waals surface area contributed by atoms with Gasteiger partial charge in [0.1, 0.15) is 23.3 Å². The number of aromatic nitrogens is 5. The first-order valence-corrected chi connectivity index (χ1v) is 8.30. The number of halogens is 4. The van der Waals surface area contributed by atoms with Gasteiger partial charge in [0.15, 0.2) is 5.65 Å². The van der Waals surface area contributed by atoms with Crippen LogP contribution in [0.15, 0.2) is 42.6 Å². The van der Waals surface area contributed by atoms with Gasteiger partial charge in [-0.15, -0.1) is 0 Å². The normalized spacial score (nSPS) is 11.8. The summed E-state index contributed by atoms with van der Waals surface area (Å²) < 4.78 is 53.2. The van der Waals surface area contributed by atoms with Gasteiger partial charge >= 0.3 is 6.18 Å². The molecular formula is C18H13F4N7. The van der Waals surface area contributed by atoms with Crippen LogP contribution in [0.2, 0.25) is 0 Å². The third-order valence-corrected chi connectivity index (χ3v) is 4.06. The van der Waals surface area contributed by atoms with Crippen molar-refractivity contribution in [1.29, 1.82) is 0 Å². The van der Waals surface area contributed by atoms with Crippen molar-refractivity contribution < 1.29 is 17.6 Å². The molecular weight excluding hydrogens is 390 g/mol. The first-order chi connectivity index (χ1) is 13.7. The van der Waals surface area contributed by atoms with E-state index in [9.17, 15) is 17.6 Å². The molecule has 0 spiro atoms. The SMILES string of the molecule is Cc1nc2ncc(F)cc2n1-c1nc(N)cc(Nc2ccc(C(F)(F)F)cc2)n1. The molecule has 0 saturated carbocycles. The number of nitrogens with one attached hydrogen (secondary N) is 1. The molecule has 4 aromatic rings. The molecule has 0 bridgehead atoms. The Kier molecular flexibility index (Phi) is 4.29. The standard InChI is InChI=1S/C18H13F4N7/c1-9-25-16-13(6-11(19)8-24-16)29(9)17-27-14(23)7-15(28-17)26-12-4-2-10(3-5-12)18(20,21)22/h2-8H,1H3,(H3,23,26,27,28). The molecule has 0 amide bonds. The number of benzene rings is 1. The van der Waals surface area contributed by atoms with E-state index in [0.717, 1.165) is 18.3 Å². The first-order valence-electron chi connectivity index (χ1n) is 8.30. The smallest absolute Gasteiger partial charge is 0.383 e. The number of fused-ring (bicyclic) bond motifs is 1. The Morgan fingerprint density at radius 2 is 1.76 bits per heavy atom. The molecule has 148 valence electrons. The Morgan fingerprint density at radius 3 is 2.45 bits per heavy atom. The predicted octanol–water partition coefficient (Wildman–Crippen LogP) is 4.00. The van der Waals surface area contributed by atoms with Gasteiger partial charge in [-0.2, -0.15) is 23.1 Å². The average Bonchev–Trinajstić information content (AvgIpc) is 2.96. The highest BCUT2D eigenvalue weighted by atomic mass is 19.4. The number of alkyl halides is 3. The number of nitrogens with two attached hydrogens (primary N) is 1. The lowest BCUT2D eigenvalue weighted by molar-refractivity contribution is -0.137. The van der Waals surface area contributed by atoms with Crippen LogP contribution in [0.1, 0.15) is 11.4 Å². The number of aryl methyl sites for hydroxylation is 1. The summed E-state index contributed by atoms with van der Waals surface area (Å²) in [6, 6.07) is 7.13. The fraction of sp³-hybridized carbons (Fsp3) is 0.111. The van der Waals surface area contributed by atoms with Gasteiger partial charge < -0.3 is 11.1 Å². The number of rotatable bonds is 3. The largest absolute Gasteiger partial charge is 0.416 e. The molecule has 7 nitrogen and oxygen atoms in total. The second-order valence-electron chi connectivity index (χ2n) is 6.17. The van der Waals surface area contributed by atoms with Crippen molar-refractivity contribution in [3.05, 3.63) is 59.8 Å². The molecule has 0 aliphatic rings. The monoisotopic (exact) mass is 403 g/mol. The number of hydrogen-bond acceptors (Lipinski definition) is 6. The van der Waals surface area contributed by atoms with E-state index in [-0.39, 0.29) is 17.6 Å². The number of nitrogen functional groups attached to an aromatic ring is 1. The molecule has 3 N–H and O–H groups in total. The molecule has 0 aliphatic carbocycles. The van der Waals surface area contributed by atoms with Crippen LogP contribution in [0.4, 0.5) is 34.9 Å². The lowest BCUT2D eigenvalue weighted by Gasteiger charge is -2.11. The maximum atomic E-state index is 13.6. The highest BCUT2D eigenvalue weighted by Crippen LogP contribution is 2.30. The van der Waals surface area contributed by atoms with Gasteiger partial charge in [-0.1, -0.05) is 0 Å². The molecule has 29 heavy (non-hydrogen) atoms. The van der Waals surface area contributed by atoms with Gasteiger partial charge in [0.2, 0.25) is 5.95 Å². The van der Waals surface area contributed by atoms with E-state index in [1.165, 1.54) is 28.8 Å². The fourth-order valence-electron chi connectivity index (χ4n) is 2.81. The third kappa shape index (κ3) is 3.66. The van der Waals surface area contributed by atoms with Crippen LogP contribution in [0.25, 0.3) is 17.1 Å². The van der Waals surface area contributed by atoms with Crippen LogP contribution in [0.3, 0.4) is 0 Å². The lowest BCUT2D eigenvalue weighted by Crippen LogP contribution is -2.08. The summed E-state index contributed by atoms with van der Waals surface area (Å²) >= 11 is 0. The quantitative estimate of drug-likeness (QED) is 0.502. The van der Waals surface area contributed by atoms with Gasteiger partial charge in [0.25, 0.3) is 0 Å². The second kappa shape index (κ2) is 6.69. The van der Waals surface area contributed by atoms with Crippen molar-refractivity contribution in [2.45, 2.75) is 13.1 Å². The Morgan fingerprint density at radius 1 is 1.03 bits per heavy atom. The summed E-state index contributed by atoms with van der Waals surface area (Å²) in [4.78, 5) is 16.7. The van der Waals surface area contributed by atoms with E-state index >= 15 is 0 Å². The second-order valence-corrected chi connectivity index (χ2v) is 6.17. The van der Waals surface area contributed by atoms with Crippen LogP contribution < -0.4 is 11.1 Å². The molecule has 11 heteroatoms. The Balaban J connectivity index is 1.72. The van der Waals surface area contributed by atoms with Crippen molar-refractivity contribution in [2.75, 3.05) is 11.1 Å². The fourth-order valence-corrected chi connectivity index (χ4v) is 2.81. The Bertz CT molecular complexity index is 1200. The van der Waals surface area contributed by atoms with Gasteiger partial charge in [-0.05, 0) is 31.2 Å². The van der Waals surface area contributed by atoms with Crippen molar-refractivity contribution in [3.8, 4) is 5.95 Å². The van der Waals surface area contributed by atoms with Gasteiger partial charge in [-0.25, -0.2) is 14.4 Å². The molecule has 0 radical (unpaired) electrons. The summed E-state index contributed by atoms with van der Waals surface area (Å²) in [5, 5.41) is 2.88. The van der Waals surface area contributed by atoms with E-state index < -0.39 is 17.6 Å². The van der Waals surface area contributed by atoms with E-state index in [0.29, 0.717) is 22.7 Å². The van der Waals surface area contributed by atoms with Crippen LogP contribution in [-0.2, 0) is 6.18 Å². The number of nitrogens with zero attached hydrogens (tertiary/aromatic N) is 5. The molecule has 3 heterocycles. The van der Waals surface area contributed by atoms with Crippen LogP contribution in [0, 0.1) is 12.7 Å². The Hall–Kier alpha value is -3.76. The van der Waals surface area contributed by atoms with E-state index in [1.807, 2.05) is 0 Å². The van der Waals surface area contributed by atoms with Crippen molar-refractivity contribution in [1.82, 2.24) is 24.5 Å². The number of pyridine rings is 1. The first kappa shape index (κ1) is 18.6. The summed E-state index contributed by atoms with van der Waals surface area (Å²) in [5.74, 6) is 0.384. The minimum atomic E-state index is -4.42. The third-order valence-electron chi connectivity index (χ3n) is 4.06.